The van der Waals surface area contributed by atoms with Crippen LogP contribution in [0, 0.1) is 0 Å². The van der Waals surface area contributed by atoms with E-state index in [-0.39, 0.29) is 0 Å². The van der Waals surface area contributed by atoms with E-state index in [1.165, 1.54) is 0 Å². The Morgan fingerprint density at radius 2 is 1.79 bits per heavy atom. The third kappa shape index (κ3) is 4.93. The smallest absolute Gasteiger partial charge is 0.225 e. The lowest BCUT2D eigenvalue weighted by molar-refractivity contribution is 0.529. The highest BCUT2D eigenvalue weighted by Crippen LogP contribution is 2.26. The SMILES string of the molecule is O=[S-](O)=Nc1ccc(NNc2cc(-c3ccncc3)nc(NC3CC3)n2)cc1. The second-order valence-electron chi connectivity index (χ2n) is 6.24. The van der Waals surface area contributed by atoms with Gasteiger partial charge in [-0.25, -0.2) is 4.98 Å². The van der Waals surface area contributed by atoms with Crippen LogP contribution in [0.25, 0.3) is 11.3 Å². The first-order valence-electron chi connectivity index (χ1n) is 8.66. The summed E-state index contributed by atoms with van der Waals surface area (Å²) in [5.74, 6) is 1.18. The molecule has 0 amide bonds. The molecule has 1 aliphatic carbocycles. The van der Waals surface area contributed by atoms with Crippen molar-refractivity contribution in [2.24, 2.45) is 4.36 Å². The molecule has 2 heterocycles. The van der Waals surface area contributed by atoms with Crippen LogP contribution in [0.4, 0.5) is 23.1 Å². The van der Waals surface area contributed by atoms with Crippen LogP contribution < -0.4 is 16.2 Å². The molecule has 4 N–H and O–H groups in total. The highest BCUT2D eigenvalue weighted by atomic mass is 32.2. The molecule has 0 atom stereocenters. The summed E-state index contributed by atoms with van der Waals surface area (Å²) in [7, 11) is -2.22. The molecular formula is C18H18N7O2S-. The van der Waals surface area contributed by atoms with E-state index in [1.54, 1.807) is 36.7 Å². The number of rotatable bonds is 7. The van der Waals surface area contributed by atoms with Crippen molar-refractivity contribution in [3.8, 4) is 11.3 Å². The number of nitrogens with zero attached hydrogens (tertiary/aromatic N) is 4. The number of aromatic nitrogens is 3. The molecular weight excluding hydrogens is 378 g/mol. The van der Waals surface area contributed by atoms with Gasteiger partial charge in [0.05, 0.1) is 11.4 Å². The van der Waals surface area contributed by atoms with Gasteiger partial charge in [0.2, 0.25) is 5.95 Å². The Balaban J connectivity index is 1.53. The number of pyridine rings is 1. The molecule has 0 spiro atoms. The Morgan fingerprint density at radius 3 is 2.46 bits per heavy atom. The number of anilines is 3. The molecule has 10 heteroatoms. The molecule has 0 aliphatic heterocycles. The zero-order chi connectivity index (χ0) is 19.3. The maximum Gasteiger partial charge on any atom is 0.225 e. The molecule has 1 saturated carbocycles. The first kappa shape index (κ1) is 18.1. The van der Waals surface area contributed by atoms with E-state index in [0.717, 1.165) is 29.8 Å². The van der Waals surface area contributed by atoms with Crippen LogP contribution in [0.1, 0.15) is 12.8 Å². The maximum absolute atomic E-state index is 10.7. The van der Waals surface area contributed by atoms with Crippen LogP contribution in [0.3, 0.4) is 0 Å². The summed E-state index contributed by atoms with van der Waals surface area (Å²) in [5, 5.41) is 3.32. The van der Waals surface area contributed by atoms with E-state index >= 15 is 0 Å². The van der Waals surface area contributed by atoms with Crippen LogP contribution in [-0.4, -0.2) is 25.5 Å². The normalized spacial score (nSPS) is 14.5. The van der Waals surface area contributed by atoms with E-state index in [2.05, 4.69) is 35.5 Å². The van der Waals surface area contributed by atoms with Gasteiger partial charge in [0.25, 0.3) is 0 Å². The Hall–Kier alpha value is -3.24. The maximum atomic E-state index is 10.7. The van der Waals surface area contributed by atoms with Gasteiger partial charge in [0.15, 0.2) is 5.82 Å². The molecule has 144 valence electrons. The fourth-order valence-electron chi connectivity index (χ4n) is 2.49. The molecule has 0 radical (unpaired) electrons. The van der Waals surface area contributed by atoms with Crippen LogP contribution in [0.15, 0.2) is 59.2 Å². The topological polar surface area (TPSA) is 124 Å². The Morgan fingerprint density at radius 1 is 1.04 bits per heavy atom. The highest BCUT2D eigenvalue weighted by Gasteiger charge is 2.22. The molecule has 9 nitrogen and oxygen atoms in total. The summed E-state index contributed by atoms with van der Waals surface area (Å²) >= 11 is 0. The molecule has 28 heavy (non-hydrogen) atoms. The van der Waals surface area contributed by atoms with E-state index in [4.69, 9.17) is 4.55 Å². The van der Waals surface area contributed by atoms with Gasteiger partial charge < -0.3 is 18.4 Å². The van der Waals surface area contributed by atoms with E-state index in [9.17, 15) is 4.21 Å². The second kappa shape index (κ2) is 8.19. The fraction of sp³-hybridized carbons (Fsp3) is 0.167. The molecule has 0 saturated heterocycles. The number of nitrogens with one attached hydrogen (secondary N) is 3. The molecule has 0 unspecified atom stereocenters. The predicted molar refractivity (Wildman–Crippen MR) is 108 cm³/mol. The average Bonchev–Trinajstić information content (AvgIpc) is 3.51. The van der Waals surface area contributed by atoms with Gasteiger partial charge in [-0.15, -0.1) is 0 Å². The van der Waals surface area contributed by atoms with Gasteiger partial charge in [-0.3, -0.25) is 15.8 Å². The largest absolute Gasteiger partial charge is 0.454 e. The average molecular weight is 396 g/mol. The standard InChI is InChI=1S/C18H18N7O2S/c26-28(27)25-15-5-3-14(4-6-15)23-24-17-11-16(12-7-9-19-10-8-12)21-18(22-17)20-13-1-2-13/h3-11,13,23H,1-2H2,(H,25,26,27)(H2,20,21,22,24)/q-1. The van der Waals surface area contributed by atoms with Gasteiger partial charge >= 0.3 is 0 Å². The van der Waals surface area contributed by atoms with E-state index < -0.39 is 10.9 Å². The lowest BCUT2D eigenvalue weighted by Crippen LogP contribution is -2.13. The van der Waals surface area contributed by atoms with Gasteiger partial charge in [0.1, 0.15) is 0 Å². The predicted octanol–water partition coefficient (Wildman–Crippen LogP) is 3.80. The summed E-state index contributed by atoms with van der Waals surface area (Å²) in [6.45, 7) is 0. The molecule has 0 bridgehead atoms. The second-order valence-corrected chi connectivity index (χ2v) is 6.88. The van der Waals surface area contributed by atoms with Crippen molar-refractivity contribution in [1.82, 2.24) is 15.0 Å². The van der Waals surface area contributed by atoms with Crippen LogP contribution in [0.2, 0.25) is 0 Å². The van der Waals surface area contributed by atoms with Crippen molar-refractivity contribution in [3.63, 3.8) is 0 Å². The quantitative estimate of drug-likeness (QED) is 0.270. The number of benzene rings is 1. The minimum atomic E-state index is -2.22. The van der Waals surface area contributed by atoms with Gasteiger partial charge in [-0.05, 0) is 49.2 Å². The molecule has 4 rings (SSSR count). The van der Waals surface area contributed by atoms with Gasteiger partial charge in [-0.2, -0.15) is 4.98 Å². The van der Waals surface area contributed by atoms with Crippen molar-refractivity contribution in [2.75, 3.05) is 16.2 Å². The van der Waals surface area contributed by atoms with E-state index in [1.807, 2.05) is 18.2 Å². The number of hydrazine groups is 1. The minimum Gasteiger partial charge on any atom is -0.454 e. The zero-order valence-corrected chi connectivity index (χ0v) is 15.6. The fourth-order valence-corrected chi connectivity index (χ4v) is 2.79. The van der Waals surface area contributed by atoms with Crippen LogP contribution in [0.5, 0.6) is 0 Å². The van der Waals surface area contributed by atoms with Crippen molar-refractivity contribution in [3.05, 3.63) is 54.9 Å². The summed E-state index contributed by atoms with van der Waals surface area (Å²) in [5.41, 5.74) is 9.03. The monoisotopic (exact) mass is 396 g/mol. The van der Waals surface area contributed by atoms with Gasteiger partial charge in [-0.1, -0.05) is 10.9 Å². The third-order valence-electron chi connectivity index (χ3n) is 4.00. The number of hydrogen-bond acceptors (Lipinski definition) is 9. The molecule has 3 aromatic rings. The summed E-state index contributed by atoms with van der Waals surface area (Å²) in [4.78, 5) is 13.1. The lowest BCUT2D eigenvalue weighted by atomic mass is 10.2. The van der Waals surface area contributed by atoms with Crippen molar-refractivity contribution >= 4 is 34.0 Å². The first-order chi connectivity index (χ1) is 13.7. The third-order valence-corrected chi connectivity index (χ3v) is 4.37. The summed E-state index contributed by atoms with van der Waals surface area (Å²) < 4.78 is 23.1. The Bertz CT molecular complexity index is 1030. The van der Waals surface area contributed by atoms with Crippen LogP contribution >= 0.6 is 0 Å². The summed E-state index contributed by atoms with van der Waals surface area (Å²) in [6, 6.07) is 12.8. The molecule has 1 aliphatic rings. The lowest BCUT2D eigenvalue weighted by Gasteiger charge is -2.13. The molecule has 2 aromatic heterocycles. The molecule has 1 fully saturated rings. The van der Waals surface area contributed by atoms with Crippen LogP contribution in [-0.2, 0) is 15.1 Å². The van der Waals surface area contributed by atoms with Crippen molar-refractivity contribution < 1.29 is 8.76 Å². The zero-order valence-electron chi connectivity index (χ0n) is 14.7. The number of hydrogen-bond donors (Lipinski definition) is 4. The Labute approximate surface area is 163 Å². The minimum absolute atomic E-state index is 0.421. The van der Waals surface area contributed by atoms with Crippen molar-refractivity contribution in [1.29, 1.82) is 0 Å². The van der Waals surface area contributed by atoms with Crippen molar-refractivity contribution in [2.45, 2.75) is 18.9 Å². The molecule has 1 aromatic carbocycles. The first-order valence-corrected chi connectivity index (χ1v) is 9.73. The van der Waals surface area contributed by atoms with Gasteiger partial charge in [0, 0.05) is 35.8 Å². The Kier molecular flexibility index (Phi) is 5.31. The highest BCUT2D eigenvalue weighted by molar-refractivity contribution is 7.68. The summed E-state index contributed by atoms with van der Waals surface area (Å²) in [6.07, 6.45) is 5.70. The van der Waals surface area contributed by atoms with E-state index in [0.29, 0.717) is 23.5 Å².